The van der Waals surface area contributed by atoms with E-state index in [9.17, 15) is 18.0 Å². The van der Waals surface area contributed by atoms with Gasteiger partial charge in [0.15, 0.2) is 6.10 Å². The van der Waals surface area contributed by atoms with E-state index in [0.717, 1.165) is 12.1 Å². The Labute approximate surface area is 95.5 Å². The summed E-state index contributed by atoms with van der Waals surface area (Å²) < 4.78 is 36.8. The average molecular weight is 248 g/mol. The van der Waals surface area contributed by atoms with Gasteiger partial charge in [-0.1, -0.05) is 24.3 Å². The molecule has 0 aromatic heterocycles. The van der Waals surface area contributed by atoms with Crippen LogP contribution in [0, 0.1) is 0 Å². The van der Waals surface area contributed by atoms with Gasteiger partial charge in [0.1, 0.15) is 0 Å². The summed E-state index contributed by atoms with van der Waals surface area (Å²) in [5, 5.41) is 17.8. The second-order valence-corrected chi connectivity index (χ2v) is 3.67. The van der Waals surface area contributed by atoms with E-state index in [0.29, 0.717) is 0 Å². The summed E-state index contributed by atoms with van der Waals surface area (Å²) in [6.45, 7) is 1.36. The monoisotopic (exact) mass is 248 g/mol. The second-order valence-electron chi connectivity index (χ2n) is 3.67. The number of hydrogen-bond acceptors (Lipinski definition) is 2. The van der Waals surface area contributed by atoms with Crippen molar-refractivity contribution in [3.8, 4) is 0 Å². The Bertz CT molecular complexity index is 415. The second kappa shape index (κ2) is 4.75. The van der Waals surface area contributed by atoms with Crippen LogP contribution in [0.2, 0.25) is 0 Å². The zero-order chi connectivity index (χ0) is 13.2. The molecule has 0 bridgehead atoms. The zero-order valence-electron chi connectivity index (χ0n) is 8.90. The van der Waals surface area contributed by atoms with Gasteiger partial charge in [-0.25, -0.2) is 0 Å². The van der Waals surface area contributed by atoms with E-state index in [2.05, 4.69) is 0 Å². The summed E-state index contributed by atoms with van der Waals surface area (Å²) in [4.78, 5) is 10.7. The number of carboxylic acid groups (broad SMARTS) is 1. The number of hydrogen-bond donors (Lipinski definition) is 2. The number of carbonyl (C=O) groups is 1. The Kier molecular flexibility index (Phi) is 3.77. The van der Waals surface area contributed by atoms with Gasteiger partial charge >= 0.3 is 12.1 Å². The van der Waals surface area contributed by atoms with Crippen molar-refractivity contribution >= 4 is 5.97 Å². The number of aliphatic hydroxyl groups excluding tert-OH is 1. The molecule has 2 N–H and O–H groups in total. The third-order valence-electron chi connectivity index (χ3n) is 2.41. The van der Waals surface area contributed by atoms with Crippen LogP contribution in [0.25, 0.3) is 0 Å². The SMILES string of the molecule is CC(C(=O)O)c1cccc(C(O)C(F)(F)F)c1. The van der Waals surface area contributed by atoms with E-state index >= 15 is 0 Å². The predicted octanol–water partition coefficient (Wildman–Crippen LogP) is 2.47. The zero-order valence-corrected chi connectivity index (χ0v) is 8.90. The van der Waals surface area contributed by atoms with Crippen molar-refractivity contribution in [3.05, 3.63) is 35.4 Å². The van der Waals surface area contributed by atoms with E-state index in [4.69, 9.17) is 10.2 Å². The first-order valence-corrected chi connectivity index (χ1v) is 4.81. The van der Waals surface area contributed by atoms with Gasteiger partial charge in [0, 0.05) is 0 Å². The Morgan fingerprint density at radius 2 is 1.82 bits per heavy atom. The molecular formula is C11H11F3O3. The molecule has 1 aromatic carbocycles. The van der Waals surface area contributed by atoms with Crippen molar-refractivity contribution < 1.29 is 28.2 Å². The van der Waals surface area contributed by atoms with Crippen molar-refractivity contribution in [2.24, 2.45) is 0 Å². The maximum Gasteiger partial charge on any atom is 0.418 e. The summed E-state index contributed by atoms with van der Waals surface area (Å²) in [6.07, 6.45) is -7.35. The highest BCUT2D eigenvalue weighted by atomic mass is 19.4. The minimum absolute atomic E-state index is 0.221. The number of aliphatic carboxylic acids is 1. The summed E-state index contributed by atoms with van der Waals surface area (Å²) in [5.74, 6) is -2.06. The largest absolute Gasteiger partial charge is 0.481 e. The number of halogens is 3. The Balaban J connectivity index is 3.05. The molecule has 0 saturated heterocycles. The highest BCUT2D eigenvalue weighted by Crippen LogP contribution is 2.33. The van der Waals surface area contributed by atoms with Gasteiger partial charge in [-0.05, 0) is 18.1 Å². The van der Waals surface area contributed by atoms with Crippen LogP contribution in [0.4, 0.5) is 13.2 Å². The molecule has 1 rings (SSSR count). The normalized spacial score (nSPS) is 15.4. The molecule has 2 atom stereocenters. The van der Waals surface area contributed by atoms with Crippen LogP contribution in [0.1, 0.15) is 30.1 Å². The van der Waals surface area contributed by atoms with Crippen molar-refractivity contribution in [2.75, 3.05) is 0 Å². The Hall–Kier alpha value is -1.56. The predicted molar refractivity (Wildman–Crippen MR) is 53.5 cm³/mol. The van der Waals surface area contributed by atoms with Gasteiger partial charge in [-0.3, -0.25) is 4.79 Å². The molecule has 0 heterocycles. The van der Waals surface area contributed by atoms with Gasteiger partial charge in [0.2, 0.25) is 0 Å². The fourth-order valence-corrected chi connectivity index (χ4v) is 1.33. The average Bonchev–Trinajstić information content (AvgIpc) is 2.25. The molecule has 0 aliphatic rings. The number of aliphatic hydroxyl groups is 1. The maximum atomic E-state index is 12.3. The van der Waals surface area contributed by atoms with Gasteiger partial charge in [0.05, 0.1) is 5.92 Å². The van der Waals surface area contributed by atoms with E-state index in [-0.39, 0.29) is 11.1 Å². The molecule has 0 radical (unpaired) electrons. The van der Waals surface area contributed by atoms with Gasteiger partial charge in [-0.2, -0.15) is 13.2 Å². The summed E-state index contributed by atoms with van der Waals surface area (Å²) in [6, 6.07) is 4.86. The lowest BCUT2D eigenvalue weighted by Crippen LogP contribution is -2.20. The first-order chi connectivity index (χ1) is 7.73. The van der Waals surface area contributed by atoms with Crippen molar-refractivity contribution in [2.45, 2.75) is 25.1 Å². The topological polar surface area (TPSA) is 57.5 Å². The number of rotatable bonds is 3. The van der Waals surface area contributed by atoms with E-state index in [1.807, 2.05) is 0 Å². The first-order valence-electron chi connectivity index (χ1n) is 4.81. The molecule has 0 spiro atoms. The highest BCUT2D eigenvalue weighted by Gasteiger charge is 2.39. The molecule has 6 heteroatoms. The highest BCUT2D eigenvalue weighted by molar-refractivity contribution is 5.75. The number of carboxylic acids is 1. The van der Waals surface area contributed by atoms with Crippen LogP contribution < -0.4 is 0 Å². The van der Waals surface area contributed by atoms with Crippen LogP contribution in [-0.4, -0.2) is 22.4 Å². The molecule has 0 saturated carbocycles. The molecule has 0 aliphatic heterocycles. The smallest absolute Gasteiger partial charge is 0.418 e. The van der Waals surface area contributed by atoms with Gasteiger partial charge in [-0.15, -0.1) is 0 Å². The standard InChI is InChI=1S/C11H11F3O3/c1-6(10(16)17)7-3-2-4-8(5-7)9(15)11(12,13)14/h2-6,9,15H,1H3,(H,16,17). The molecule has 3 nitrogen and oxygen atoms in total. The van der Waals surface area contributed by atoms with Gasteiger partial charge < -0.3 is 10.2 Å². The lowest BCUT2D eigenvalue weighted by molar-refractivity contribution is -0.206. The van der Waals surface area contributed by atoms with E-state index in [1.165, 1.54) is 19.1 Å². The minimum atomic E-state index is -4.76. The molecule has 0 aliphatic carbocycles. The van der Waals surface area contributed by atoms with Crippen molar-refractivity contribution in [1.82, 2.24) is 0 Å². The summed E-state index contributed by atoms with van der Waals surface area (Å²) in [5.41, 5.74) is -0.138. The molecule has 17 heavy (non-hydrogen) atoms. The third kappa shape index (κ3) is 3.20. The lowest BCUT2D eigenvalue weighted by Gasteiger charge is -2.16. The first kappa shape index (κ1) is 13.5. The lowest BCUT2D eigenvalue weighted by atomic mass is 9.97. The van der Waals surface area contributed by atoms with Crippen LogP contribution in [0.15, 0.2) is 24.3 Å². The van der Waals surface area contributed by atoms with Crippen molar-refractivity contribution in [1.29, 1.82) is 0 Å². The van der Waals surface area contributed by atoms with Crippen LogP contribution in [0.3, 0.4) is 0 Å². The molecular weight excluding hydrogens is 237 g/mol. The third-order valence-corrected chi connectivity index (χ3v) is 2.41. The fourth-order valence-electron chi connectivity index (χ4n) is 1.33. The maximum absolute atomic E-state index is 12.3. The van der Waals surface area contributed by atoms with Gasteiger partial charge in [0.25, 0.3) is 0 Å². The molecule has 0 amide bonds. The quantitative estimate of drug-likeness (QED) is 0.863. The molecule has 1 aromatic rings. The fraction of sp³-hybridized carbons (Fsp3) is 0.364. The Morgan fingerprint density at radius 3 is 2.29 bits per heavy atom. The van der Waals surface area contributed by atoms with E-state index < -0.39 is 24.2 Å². The van der Waals surface area contributed by atoms with E-state index in [1.54, 1.807) is 0 Å². The molecule has 2 unspecified atom stereocenters. The molecule has 94 valence electrons. The number of benzene rings is 1. The number of alkyl halides is 3. The van der Waals surface area contributed by atoms with Crippen LogP contribution in [0.5, 0.6) is 0 Å². The van der Waals surface area contributed by atoms with Crippen LogP contribution >= 0.6 is 0 Å². The minimum Gasteiger partial charge on any atom is -0.481 e. The Morgan fingerprint density at radius 1 is 1.29 bits per heavy atom. The summed E-state index contributed by atoms with van der Waals surface area (Å²) in [7, 11) is 0. The van der Waals surface area contributed by atoms with Crippen LogP contribution in [-0.2, 0) is 4.79 Å². The van der Waals surface area contributed by atoms with Crippen molar-refractivity contribution in [3.63, 3.8) is 0 Å². The molecule has 0 fully saturated rings. The summed E-state index contributed by atoms with van der Waals surface area (Å²) >= 11 is 0.